The summed E-state index contributed by atoms with van der Waals surface area (Å²) in [4.78, 5) is 0. The summed E-state index contributed by atoms with van der Waals surface area (Å²) in [6.45, 7) is 3.12. The van der Waals surface area contributed by atoms with Crippen LogP contribution >= 0.6 is 0 Å². The van der Waals surface area contributed by atoms with Gasteiger partial charge in [0.05, 0.1) is 7.11 Å². The zero-order valence-corrected chi connectivity index (χ0v) is 9.09. The van der Waals surface area contributed by atoms with Crippen LogP contribution in [0.4, 0.5) is 4.39 Å². The smallest absolute Gasteiger partial charge is 0.131 e. The van der Waals surface area contributed by atoms with Crippen molar-refractivity contribution in [3.05, 3.63) is 29.6 Å². The van der Waals surface area contributed by atoms with Crippen molar-refractivity contribution in [2.24, 2.45) is 5.92 Å². The van der Waals surface area contributed by atoms with Crippen LogP contribution in [0.2, 0.25) is 0 Å². The van der Waals surface area contributed by atoms with Crippen LogP contribution in [0.3, 0.4) is 0 Å². The second kappa shape index (κ2) is 4.19. The zero-order chi connectivity index (χ0) is 10.8. The van der Waals surface area contributed by atoms with Gasteiger partial charge in [-0.25, -0.2) is 4.39 Å². The van der Waals surface area contributed by atoms with Crippen LogP contribution in [-0.2, 0) is 0 Å². The second-order valence-corrected chi connectivity index (χ2v) is 4.09. The van der Waals surface area contributed by atoms with Gasteiger partial charge in [-0.05, 0) is 24.9 Å². The largest absolute Gasteiger partial charge is 0.497 e. The van der Waals surface area contributed by atoms with E-state index in [4.69, 9.17) is 4.74 Å². The number of rotatable bonds is 2. The minimum atomic E-state index is -0.180. The molecular formula is C12H16FNO. The van der Waals surface area contributed by atoms with E-state index in [1.165, 1.54) is 6.07 Å². The Kier molecular flexibility index (Phi) is 2.91. The Hall–Kier alpha value is -1.09. The highest BCUT2D eigenvalue weighted by molar-refractivity contribution is 5.31. The third kappa shape index (κ3) is 1.97. The highest BCUT2D eigenvalue weighted by Crippen LogP contribution is 2.31. The zero-order valence-electron chi connectivity index (χ0n) is 9.09. The Balaban J connectivity index is 2.28. The Bertz CT molecular complexity index is 353. The molecule has 0 spiro atoms. The second-order valence-electron chi connectivity index (χ2n) is 4.09. The van der Waals surface area contributed by atoms with Crippen molar-refractivity contribution in [1.82, 2.24) is 5.32 Å². The molecule has 0 saturated carbocycles. The van der Waals surface area contributed by atoms with Crippen molar-refractivity contribution >= 4 is 0 Å². The van der Waals surface area contributed by atoms with Crippen molar-refractivity contribution in [2.45, 2.75) is 19.4 Å². The van der Waals surface area contributed by atoms with Crippen LogP contribution < -0.4 is 10.1 Å². The predicted molar refractivity (Wildman–Crippen MR) is 57.5 cm³/mol. The molecule has 1 fully saturated rings. The quantitative estimate of drug-likeness (QED) is 0.808. The summed E-state index contributed by atoms with van der Waals surface area (Å²) in [6, 6.07) is 5.22. The molecule has 1 N–H and O–H groups in total. The number of benzene rings is 1. The molecule has 1 saturated heterocycles. The molecule has 2 rings (SSSR count). The van der Waals surface area contributed by atoms with Gasteiger partial charge in [-0.2, -0.15) is 0 Å². The Labute approximate surface area is 89.4 Å². The number of halogens is 1. The highest BCUT2D eigenvalue weighted by atomic mass is 19.1. The third-order valence-electron chi connectivity index (χ3n) is 3.08. The molecule has 15 heavy (non-hydrogen) atoms. The normalized spacial score (nSPS) is 25.5. The minimum Gasteiger partial charge on any atom is -0.497 e. The molecule has 1 aromatic carbocycles. The average molecular weight is 209 g/mol. The standard InChI is InChI=1S/C12H16FNO/c1-8-5-6-14-12(8)10-4-3-9(15-2)7-11(10)13/h3-4,7-8,12,14H,5-6H2,1-2H3/t8-,12-/m1/s1. The molecule has 2 atom stereocenters. The van der Waals surface area contributed by atoms with Gasteiger partial charge < -0.3 is 10.1 Å². The van der Waals surface area contributed by atoms with Crippen LogP contribution in [0.1, 0.15) is 24.9 Å². The molecule has 3 heteroatoms. The van der Waals surface area contributed by atoms with E-state index in [-0.39, 0.29) is 11.9 Å². The van der Waals surface area contributed by atoms with Gasteiger partial charge in [0.1, 0.15) is 11.6 Å². The molecule has 0 unspecified atom stereocenters. The van der Waals surface area contributed by atoms with E-state index >= 15 is 0 Å². The molecule has 1 aromatic rings. The summed E-state index contributed by atoms with van der Waals surface area (Å²) in [6.07, 6.45) is 1.11. The molecular weight excluding hydrogens is 193 g/mol. The van der Waals surface area contributed by atoms with E-state index < -0.39 is 0 Å². The fraction of sp³-hybridized carbons (Fsp3) is 0.500. The summed E-state index contributed by atoms with van der Waals surface area (Å²) in [5.41, 5.74) is 0.751. The Morgan fingerprint density at radius 3 is 2.80 bits per heavy atom. The molecule has 82 valence electrons. The van der Waals surface area contributed by atoms with Crippen LogP contribution in [0, 0.1) is 11.7 Å². The number of methoxy groups -OCH3 is 1. The predicted octanol–water partition coefficient (Wildman–Crippen LogP) is 2.50. The first-order chi connectivity index (χ1) is 7.22. The lowest BCUT2D eigenvalue weighted by Gasteiger charge is -2.17. The number of ether oxygens (including phenoxy) is 1. The minimum absolute atomic E-state index is 0.149. The molecule has 0 aliphatic carbocycles. The first-order valence-electron chi connectivity index (χ1n) is 5.29. The number of hydrogen-bond donors (Lipinski definition) is 1. The Morgan fingerprint density at radius 2 is 2.27 bits per heavy atom. The summed E-state index contributed by atoms with van der Waals surface area (Å²) in [5, 5.41) is 3.32. The summed E-state index contributed by atoms with van der Waals surface area (Å²) >= 11 is 0. The van der Waals surface area contributed by atoms with Crippen molar-refractivity contribution in [3.63, 3.8) is 0 Å². The lowest BCUT2D eigenvalue weighted by molar-refractivity contribution is 0.408. The monoisotopic (exact) mass is 209 g/mol. The van der Waals surface area contributed by atoms with Crippen molar-refractivity contribution in [1.29, 1.82) is 0 Å². The molecule has 0 radical (unpaired) electrons. The highest BCUT2D eigenvalue weighted by Gasteiger charge is 2.26. The van der Waals surface area contributed by atoms with Crippen molar-refractivity contribution in [2.75, 3.05) is 13.7 Å². The van der Waals surface area contributed by atoms with Gasteiger partial charge in [0, 0.05) is 17.7 Å². The number of nitrogens with one attached hydrogen (secondary N) is 1. The SMILES string of the molecule is COc1ccc([C@@H]2NCC[C@H]2C)c(F)c1. The average Bonchev–Trinajstić information content (AvgIpc) is 2.64. The summed E-state index contributed by atoms with van der Waals surface area (Å²) < 4.78 is 18.7. The molecule has 0 aromatic heterocycles. The van der Waals surface area contributed by atoms with Gasteiger partial charge >= 0.3 is 0 Å². The molecule has 2 nitrogen and oxygen atoms in total. The van der Waals surface area contributed by atoms with Gasteiger partial charge in [0.25, 0.3) is 0 Å². The molecule has 0 amide bonds. The van der Waals surface area contributed by atoms with E-state index in [9.17, 15) is 4.39 Å². The topological polar surface area (TPSA) is 21.3 Å². The van der Waals surface area contributed by atoms with Gasteiger partial charge in [-0.15, -0.1) is 0 Å². The van der Waals surface area contributed by atoms with Gasteiger partial charge in [0.2, 0.25) is 0 Å². The van der Waals surface area contributed by atoms with Crippen molar-refractivity contribution < 1.29 is 9.13 Å². The van der Waals surface area contributed by atoms with Crippen LogP contribution in [0.5, 0.6) is 5.75 Å². The molecule has 0 bridgehead atoms. The lowest BCUT2D eigenvalue weighted by Crippen LogP contribution is -2.17. The summed E-state index contributed by atoms with van der Waals surface area (Å²) in [7, 11) is 1.55. The first kappa shape index (κ1) is 10.4. The van der Waals surface area contributed by atoms with E-state index in [2.05, 4.69) is 12.2 Å². The van der Waals surface area contributed by atoms with E-state index in [0.29, 0.717) is 11.7 Å². The molecule has 1 heterocycles. The fourth-order valence-corrected chi connectivity index (χ4v) is 2.14. The van der Waals surface area contributed by atoms with Crippen LogP contribution in [0.25, 0.3) is 0 Å². The lowest BCUT2D eigenvalue weighted by atomic mass is 9.95. The van der Waals surface area contributed by atoms with Crippen LogP contribution in [0.15, 0.2) is 18.2 Å². The van der Waals surface area contributed by atoms with E-state index in [1.54, 1.807) is 7.11 Å². The molecule has 1 aliphatic rings. The summed E-state index contributed by atoms with van der Waals surface area (Å²) in [5.74, 6) is 0.885. The van der Waals surface area contributed by atoms with Gasteiger partial charge in [-0.3, -0.25) is 0 Å². The third-order valence-corrected chi connectivity index (χ3v) is 3.08. The maximum Gasteiger partial charge on any atom is 0.131 e. The van der Waals surface area contributed by atoms with E-state index in [0.717, 1.165) is 18.5 Å². The Morgan fingerprint density at radius 1 is 1.47 bits per heavy atom. The van der Waals surface area contributed by atoms with Gasteiger partial charge in [0.15, 0.2) is 0 Å². The number of hydrogen-bond acceptors (Lipinski definition) is 2. The van der Waals surface area contributed by atoms with Gasteiger partial charge in [-0.1, -0.05) is 13.0 Å². The first-order valence-corrected chi connectivity index (χ1v) is 5.29. The van der Waals surface area contributed by atoms with Crippen molar-refractivity contribution in [3.8, 4) is 5.75 Å². The maximum absolute atomic E-state index is 13.7. The molecule has 1 aliphatic heterocycles. The fourth-order valence-electron chi connectivity index (χ4n) is 2.14. The van der Waals surface area contributed by atoms with Crippen LogP contribution in [-0.4, -0.2) is 13.7 Å². The van der Waals surface area contributed by atoms with E-state index in [1.807, 2.05) is 12.1 Å². The maximum atomic E-state index is 13.7.